The van der Waals surface area contributed by atoms with Crippen LogP contribution in [0.25, 0.3) is 11.3 Å². The zero-order valence-electron chi connectivity index (χ0n) is 16.0. The maximum Gasteiger partial charge on any atom is 0.167 e. The van der Waals surface area contributed by atoms with Gasteiger partial charge in [-0.1, -0.05) is 11.2 Å². The fraction of sp³-hybridized carbons (Fsp3) is 0.364. The highest BCUT2D eigenvalue weighted by Gasteiger charge is 2.30. The molecule has 3 aromatic rings. The third-order valence-electron chi connectivity index (χ3n) is 5.08. The molecular weight excluding hydrogens is 373 g/mol. The molecule has 1 fully saturated rings. The number of hydrogen-bond donors (Lipinski definition) is 2. The van der Waals surface area contributed by atoms with Crippen LogP contribution in [-0.2, 0) is 17.7 Å². The largest absolute Gasteiger partial charge is 0.390 e. The molecule has 6 nitrogen and oxygen atoms in total. The van der Waals surface area contributed by atoms with Gasteiger partial charge in [0, 0.05) is 37.3 Å². The van der Waals surface area contributed by atoms with Gasteiger partial charge in [-0.05, 0) is 49.2 Å². The van der Waals surface area contributed by atoms with E-state index in [1.54, 1.807) is 18.3 Å². The summed E-state index contributed by atoms with van der Waals surface area (Å²) in [6, 6.07) is 13.8. The van der Waals surface area contributed by atoms with Gasteiger partial charge >= 0.3 is 0 Å². The molecule has 0 radical (unpaired) electrons. The first kappa shape index (κ1) is 19.7. The SMILES string of the molecule is O[C@H]1CC[C@@H](Cc2cc(-c3ccc(F)cc3)on2)O[C@@H]1CNCc1ccccn1. The topological polar surface area (TPSA) is 80.4 Å². The van der Waals surface area contributed by atoms with E-state index in [-0.39, 0.29) is 18.0 Å². The zero-order chi connectivity index (χ0) is 20.1. The van der Waals surface area contributed by atoms with Gasteiger partial charge in [0.1, 0.15) is 5.82 Å². The molecule has 1 aliphatic rings. The van der Waals surface area contributed by atoms with E-state index in [4.69, 9.17) is 9.26 Å². The van der Waals surface area contributed by atoms with Crippen LogP contribution < -0.4 is 5.32 Å². The van der Waals surface area contributed by atoms with Crippen molar-refractivity contribution in [2.75, 3.05) is 6.54 Å². The van der Waals surface area contributed by atoms with Crippen molar-refractivity contribution in [1.29, 1.82) is 0 Å². The van der Waals surface area contributed by atoms with Gasteiger partial charge in [-0.15, -0.1) is 0 Å². The predicted octanol–water partition coefficient (Wildman–Crippen LogP) is 3.12. The minimum atomic E-state index is -0.491. The quantitative estimate of drug-likeness (QED) is 0.638. The van der Waals surface area contributed by atoms with E-state index >= 15 is 0 Å². The molecule has 4 rings (SSSR count). The number of aliphatic hydroxyl groups is 1. The summed E-state index contributed by atoms with van der Waals surface area (Å²) in [5, 5.41) is 17.7. The molecule has 3 atom stereocenters. The molecular formula is C22H24FN3O3. The van der Waals surface area contributed by atoms with E-state index in [0.717, 1.165) is 23.4 Å². The Bertz CT molecular complexity index is 901. The average molecular weight is 397 g/mol. The molecule has 1 aliphatic heterocycles. The van der Waals surface area contributed by atoms with Crippen LogP contribution in [0.5, 0.6) is 0 Å². The summed E-state index contributed by atoms with van der Waals surface area (Å²) in [5.74, 6) is 0.315. The number of rotatable bonds is 7. The van der Waals surface area contributed by atoms with Crippen molar-refractivity contribution >= 4 is 0 Å². The molecule has 29 heavy (non-hydrogen) atoms. The number of aromatic nitrogens is 2. The van der Waals surface area contributed by atoms with Gasteiger partial charge in [0.25, 0.3) is 0 Å². The smallest absolute Gasteiger partial charge is 0.167 e. The molecule has 2 N–H and O–H groups in total. The van der Waals surface area contributed by atoms with E-state index in [2.05, 4.69) is 15.5 Å². The number of nitrogens with one attached hydrogen (secondary N) is 1. The molecule has 0 aliphatic carbocycles. The van der Waals surface area contributed by atoms with Crippen molar-refractivity contribution < 1.29 is 18.8 Å². The van der Waals surface area contributed by atoms with Crippen molar-refractivity contribution in [2.45, 2.75) is 44.1 Å². The summed E-state index contributed by atoms with van der Waals surface area (Å²) in [6.45, 7) is 1.18. The molecule has 0 unspecified atom stereocenters. The minimum absolute atomic E-state index is 0.0359. The number of ether oxygens (including phenoxy) is 1. The molecule has 0 spiro atoms. The Morgan fingerprint density at radius 3 is 2.76 bits per heavy atom. The van der Waals surface area contributed by atoms with Crippen LogP contribution in [0.2, 0.25) is 0 Å². The molecule has 7 heteroatoms. The van der Waals surface area contributed by atoms with Crippen LogP contribution in [0, 0.1) is 5.82 Å². The normalized spacial score (nSPS) is 21.9. The summed E-state index contributed by atoms with van der Waals surface area (Å²) in [7, 11) is 0. The first-order valence-corrected chi connectivity index (χ1v) is 9.83. The molecule has 1 aromatic carbocycles. The van der Waals surface area contributed by atoms with Crippen LogP contribution in [0.1, 0.15) is 24.2 Å². The standard InChI is InChI=1S/C22H24FN3O3/c23-16-6-4-15(5-7-16)21-12-18(26-29-21)11-19-8-9-20(27)22(28-19)14-24-13-17-3-1-2-10-25-17/h1-7,10,12,19-20,22,24,27H,8-9,11,13-14H2/t19-,20-,22+/m0/s1. The van der Waals surface area contributed by atoms with Crippen LogP contribution in [0.15, 0.2) is 59.3 Å². The first-order valence-electron chi connectivity index (χ1n) is 9.83. The number of nitrogens with zero attached hydrogens (tertiary/aromatic N) is 2. The van der Waals surface area contributed by atoms with Crippen LogP contribution in [0.3, 0.4) is 0 Å². The number of hydrogen-bond acceptors (Lipinski definition) is 6. The van der Waals surface area contributed by atoms with Crippen LogP contribution >= 0.6 is 0 Å². The van der Waals surface area contributed by atoms with Crippen molar-refractivity contribution in [2.24, 2.45) is 0 Å². The summed E-state index contributed by atoms with van der Waals surface area (Å²) >= 11 is 0. The Hall–Kier alpha value is -2.61. The zero-order valence-corrected chi connectivity index (χ0v) is 16.0. The second-order valence-electron chi connectivity index (χ2n) is 7.29. The van der Waals surface area contributed by atoms with Crippen molar-refractivity contribution in [1.82, 2.24) is 15.5 Å². The van der Waals surface area contributed by atoms with Gasteiger partial charge in [0.2, 0.25) is 0 Å². The Labute approximate surface area is 168 Å². The molecule has 3 heterocycles. The van der Waals surface area contributed by atoms with Crippen LogP contribution in [0.4, 0.5) is 4.39 Å². The van der Waals surface area contributed by atoms with Gasteiger partial charge in [-0.2, -0.15) is 0 Å². The number of aliphatic hydroxyl groups excluding tert-OH is 1. The Morgan fingerprint density at radius 2 is 1.97 bits per heavy atom. The van der Waals surface area contributed by atoms with E-state index in [9.17, 15) is 9.50 Å². The molecule has 1 saturated heterocycles. The number of halogens is 1. The van der Waals surface area contributed by atoms with E-state index in [1.165, 1.54) is 12.1 Å². The highest BCUT2D eigenvalue weighted by atomic mass is 19.1. The molecule has 0 amide bonds. The monoisotopic (exact) mass is 397 g/mol. The Kier molecular flexibility index (Phi) is 6.29. The second-order valence-corrected chi connectivity index (χ2v) is 7.29. The molecule has 152 valence electrons. The maximum absolute atomic E-state index is 13.1. The lowest BCUT2D eigenvalue weighted by Gasteiger charge is -2.34. The second kappa shape index (κ2) is 9.26. The van der Waals surface area contributed by atoms with Crippen molar-refractivity contribution in [3.8, 4) is 11.3 Å². The lowest BCUT2D eigenvalue weighted by atomic mass is 9.98. The number of benzene rings is 1. The average Bonchev–Trinajstić information content (AvgIpc) is 3.20. The van der Waals surface area contributed by atoms with Gasteiger partial charge in [0.15, 0.2) is 5.76 Å². The van der Waals surface area contributed by atoms with E-state index in [1.807, 2.05) is 24.3 Å². The summed E-state index contributed by atoms with van der Waals surface area (Å²) in [4.78, 5) is 4.28. The third kappa shape index (κ3) is 5.26. The van der Waals surface area contributed by atoms with Gasteiger partial charge < -0.3 is 19.7 Å². The fourth-order valence-corrected chi connectivity index (χ4v) is 3.52. The number of pyridine rings is 1. The predicted molar refractivity (Wildman–Crippen MR) is 105 cm³/mol. The highest BCUT2D eigenvalue weighted by Crippen LogP contribution is 2.25. The van der Waals surface area contributed by atoms with Crippen molar-refractivity contribution in [3.63, 3.8) is 0 Å². The van der Waals surface area contributed by atoms with E-state index < -0.39 is 6.10 Å². The van der Waals surface area contributed by atoms with Crippen LogP contribution in [-0.4, -0.2) is 40.1 Å². The molecule has 0 saturated carbocycles. The summed E-state index contributed by atoms with van der Waals surface area (Å²) in [6.07, 6.45) is 3.01. The van der Waals surface area contributed by atoms with Gasteiger partial charge in [-0.3, -0.25) is 4.98 Å². The first-order chi connectivity index (χ1) is 14.2. The molecule has 0 bridgehead atoms. The van der Waals surface area contributed by atoms with Crippen molar-refractivity contribution in [3.05, 3.63) is 71.9 Å². The minimum Gasteiger partial charge on any atom is -0.390 e. The fourth-order valence-electron chi connectivity index (χ4n) is 3.52. The lowest BCUT2D eigenvalue weighted by Crippen LogP contribution is -2.45. The lowest BCUT2D eigenvalue weighted by molar-refractivity contribution is -0.115. The van der Waals surface area contributed by atoms with Gasteiger partial charge in [-0.25, -0.2) is 4.39 Å². The third-order valence-corrected chi connectivity index (χ3v) is 5.08. The Balaban J connectivity index is 1.30. The van der Waals surface area contributed by atoms with E-state index in [0.29, 0.717) is 31.7 Å². The summed E-state index contributed by atoms with van der Waals surface area (Å²) < 4.78 is 24.6. The molecule has 2 aromatic heterocycles. The maximum atomic E-state index is 13.1. The Morgan fingerprint density at radius 1 is 1.10 bits per heavy atom. The van der Waals surface area contributed by atoms with Gasteiger partial charge in [0.05, 0.1) is 29.7 Å². The highest BCUT2D eigenvalue weighted by molar-refractivity contribution is 5.57. The summed E-state index contributed by atoms with van der Waals surface area (Å²) in [5.41, 5.74) is 2.51.